The van der Waals surface area contributed by atoms with Crippen LogP contribution in [-0.2, 0) is 0 Å². The highest BCUT2D eigenvalue weighted by Crippen LogP contribution is 2.23. The average Bonchev–Trinajstić information content (AvgIpc) is 3.10. The fraction of sp³-hybridized carbons (Fsp3) is 0.286. The first kappa shape index (κ1) is 16.9. The fourth-order valence-electron chi connectivity index (χ4n) is 3.94. The molecular weight excluding hydrogens is 357 g/mol. The largest absolute Gasteiger partial charge is 0.372 e. The number of rotatable bonds is 2. The second-order valence-electron chi connectivity index (χ2n) is 7.33. The van der Waals surface area contributed by atoms with Crippen molar-refractivity contribution in [2.75, 3.05) is 18.0 Å². The number of hydrogen-bond acceptors (Lipinski definition) is 4. The Hall–Kier alpha value is -3.22. The number of halogens is 1. The third-order valence-electron chi connectivity index (χ3n) is 5.35. The van der Waals surface area contributed by atoms with E-state index in [0.29, 0.717) is 22.3 Å². The molecule has 7 heteroatoms. The molecule has 1 aliphatic rings. The van der Waals surface area contributed by atoms with Crippen molar-refractivity contribution < 1.29 is 4.39 Å². The molecule has 6 nitrogen and oxygen atoms in total. The number of nitrogens with zero attached hydrogens (tertiary/aromatic N) is 5. The van der Waals surface area contributed by atoms with Gasteiger partial charge in [-0.15, -0.1) is 0 Å². The lowest BCUT2D eigenvalue weighted by Gasteiger charge is -2.28. The lowest BCUT2D eigenvalue weighted by Crippen LogP contribution is -2.29. The molecule has 0 spiro atoms. The Labute approximate surface area is 160 Å². The molecule has 0 saturated carbocycles. The third kappa shape index (κ3) is 2.74. The molecule has 1 aromatic carbocycles. The smallest absolute Gasteiger partial charge is 0.265 e. The SMILES string of the molecule is Cc1cn2cc(-n3cnc4ccc(N5CCCCC5)cc4c3=O)cc(F)c2n1. The molecule has 0 aliphatic carbocycles. The molecule has 3 aromatic heterocycles. The number of pyridine rings is 1. The van der Waals surface area contributed by atoms with Crippen LogP contribution < -0.4 is 10.5 Å². The van der Waals surface area contributed by atoms with Crippen LogP contribution in [-0.4, -0.2) is 32.0 Å². The van der Waals surface area contributed by atoms with Gasteiger partial charge in [0.25, 0.3) is 5.56 Å². The van der Waals surface area contributed by atoms with E-state index in [1.54, 1.807) is 23.7 Å². The summed E-state index contributed by atoms with van der Waals surface area (Å²) in [4.78, 5) is 24.1. The quantitative estimate of drug-likeness (QED) is 0.537. The Morgan fingerprint density at radius 1 is 1.04 bits per heavy atom. The lowest BCUT2D eigenvalue weighted by molar-refractivity contribution is 0.578. The van der Waals surface area contributed by atoms with Crippen LogP contribution in [0.5, 0.6) is 0 Å². The van der Waals surface area contributed by atoms with Crippen LogP contribution >= 0.6 is 0 Å². The summed E-state index contributed by atoms with van der Waals surface area (Å²) in [5.41, 5.74) is 2.85. The van der Waals surface area contributed by atoms with E-state index in [1.807, 2.05) is 18.2 Å². The van der Waals surface area contributed by atoms with Gasteiger partial charge in [0.15, 0.2) is 11.5 Å². The Morgan fingerprint density at radius 2 is 1.86 bits per heavy atom. The van der Waals surface area contributed by atoms with Crippen LogP contribution in [0.15, 0.2) is 47.8 Å². The highest BCUT2D eigenvalue weighted by Gasteiger charge is 2.14. The summed E-state index contributed by atoms with van der Waals surface area (Å²) < 4.78 is 17.5. The Morgan fingerprint density at radius 3 is 2.68 bits per heavy atom. The first-order valence-corrected chi connectivity index (χ1v) is 9.52. The highest BCUT2D eigenvalue weighted by atomic mass is 19.1. The molecule has 1 fully saturated rings. The summed E-state index contributed by atoms with van der Waals surface area (Å²) >= 11 is 0. The fourth-order valence-corrected chi connectivity index (χ4v) is 3.94. The molecule has 0 N–H and O–H groups in total. The molecule has 28 heavy (non-hydrogen) atoms. The maximum Gasteiger partial charge on any atom is 0.265 e. The molecule has 0 radical (unpaired) electrons. The Bertz CT molecular complexity index is 1250. The predicted octanol–water partition coefficient (Wildman–Crippen LogP) is 3.47. The standard InChI is InChI=1S/C21H20FN5O/c1-14-11-26-12-16(10-18(22)20(26)24-14)27-13-23-19-6-5-15(9-17(19)21(27)28)25-7-3-2-4-8-25/h5-6,9-13H,2-4,7-8H2,1H3. The van der Waals surface area contributed by atoms with Gasteiger partial charge in [-0.1, -0.05) is 0 Å². The van der Waals surface area contributed by atoms with Gasteiger partial charge in [-0.05, 0) is 44.4 Å². The number of benzene rings is 1. The minimum Gasteiger partial charge on any atom is -0.372 e. The van der Waals surface area contributed by atoms with E-state index in [0.717, 1.165) is 18.8 Å². The van der Waals surface area contributed by atoms with Gasteiger partial charge in [0.1, 0.15) is 6.33 Å². The lowest BCUT2D eigenvalue weighted by atomic mass is 10.1. The molecular formula is C21H20FN5O. The highest BCUT2D eigenvalue weighted by molar-refractivity contribution is 5.82. The van der Waals surface area contributed by atoms with E-state index in [9.17, 15) is 9.18 Å². The van der Waals surface area contributed by atoms with Gasteiger partial charge in [0.05, 0.1) is 22.3 Å². The first-order valence-electron chi connectivity index (χ1n) is 9.52. The molecule has 1 saturated heterocycles. The van der Waals surface area contributed by atoms with Crippen molar-refractivity contribution in [2.45, 2.75) is 26.2 Å². The Balaban J connectivity index is 1.65. The molecule has 0 atom stereocenters. The van der Waals surface area contributed by atoms with Crippen molar-refractivity contribution in [1.29, 1.82) is 0 Å². The van der Waals surface area contributed by atoms with E-state index >= 15 is 0 Å². The molecule has 5 rings (SSSR count). The average molecular weight is 377 g/mol. The zero-order chi connectivity index (χ0) is 19.3. The number of piperidine rings is 1. The molecule has 4 heterocycles. The number of anilines is 1. The number of hydrogen-bond donors (Lipinski definition) is 0. The molecule has 0 unspecified atom stereocenters. The van der Waals surface area contributed by atoms with Crippen molar-refractivity contribution in [3.05, 3.63) is 64.9 Å². The molecule has 142 valence electrons. The van der Waals surface area contributed by atoms with Crippen molar-refractivity contribution in [1.82, 2.24) is 18.9 Å². The summed E-state index contributed by atoms with van der Waals surface area (Å²) in [5, 5.41) is 0.535. The summed E-state index contributed by atoms with van der Waals surface area (Å²) in [5.74, 6) is -0.473. The number of aromatic nitrogens is 4. The second-order valence-corrected chi connectivity index (χ2v) is 7.33. The van der Waals surface area contributed by atoms with Crippen molar-refractivity contribution >= 4 is 22.2 Å². The first-order chi connectivity index (χ1) is 13.6. The van der Waals surface area contributed by atoms with Gasteiger partial charge < -0.3 is 9.30 Å². The summed E-state index contributed by atoms with van der Waals surface area (Å²) in [6.45, 7) is 3.81. The zero-order valence-corrected chi connectivity index (χ0v) is 15.6. The van der Waals surface area contributed by atoms with E-state index in [1.165, 1.54) is 36.2 Å². The second kappa shape index (κ2) is 6.44. The van der Waals surface area contributed by atoms with E-state index < -0.39 is 5.82 Å². The van der Waals surface area contributed by atoms with E-state index in [-0.39, 0.29) is 11.2 Å². The minimum atomic E-state index is -0.473. The van der Waals surface area contributed by atoms with Gasteiger partial charge in [0, 0.05) is 37.2 Å². The van der Waals surface area contributed by atoms with Crippen LogP contribution in [0, 0.1) is 12.7 Å². The molecule has 4 aromatic rings. The zero-order valence-electron chi connectivity index (χ0n) is 15.6. The maximum absolute atomic E-state index is 14.5. The normalized spacial score (nSPS) is 14.9. The van der Waals surface area contributed by atoms with Gasteiger partial charge in [0.2, 0.25) is 0 Å². The van der Waals surface area contributed by atoms with Crippen LogP contribution in [0.3, 0.4) is 0 Å². The van der Waals surface area contributed by atoms with Crippen LogP contribution in [0.2, 0.25) is 0 Å². The number of aryl methyl sites for hydroxylation is 1. The topological polar surface area (TPSA) is 55.4 Å². The minimum absolute atomic E-state index is 0.209. The van der Waals surface area contributed by atoms with E-state index in [4.69, 9.17) is 0 Å². The van der Waals surface area contributed by atoms with Crippen LogP contribution in [0.25, 0.3) is 22.2 Å². The molecule has 0 amide bonds. The van der Waals surface area contributed by atoms with Crippen LogP contribution in [0.4, 0.5) is 10.1 Å². The third-order valence-corrected chi connectivity index (χ3v) is 5.35. The van der Waals surface area contributed by atoms with Crippen molar-refractivity contribution in [3.63, 3.8) is 0 Å². The number of fused-ring (bicyclic) bond motifs is 2. The summed E-state index contributed by atoms with van der Waals surface area (Å²) in [7, 11) is 0. The van der Waals surface area contributed by atoms with Gasteiger partial charge in [-0.25, -0.2) is 14.4 Å². The molecule has 1 aliphatic heterocycles. The van der Waals surface area contributed by atoms with Crippen molar-refractivity contribution in [2.24, 2.45) is 0 Å². The van der Waals surface area contributed by atoms with E-state index in [2.05, 4.69) is 14.9 Å². The molecule has 0 bridgehead atoms. The van der Waals surface area contributed by atoms with Crippen LogP contribution in [0.1, 0.15) is 25.0 Å². The summed E-state index contributed by atoms with van der Waals surface area (Å²) in [6.07, 6.45) is 8.46. The Kier molecular flexibility index (Phi) is 3.89. The monoisotopic (exact) mass is 377 g/mol. The maximum atomic E-state index is 14.5. The van der Waals surface area contributed by atoms with Gasteiger partial charge >= 0.3 is 0 Å². The van der Waals surface area contributed by atoms with Gasteiger partial charge in [-0.2, -0.15) is 0 Å². The summed E-state index contributed by atoms with van der Waals surface area (Å²) in [6, 6.07) is 7.13. The van der Waals surface area contributed by atoms with Crippen molar-refractivity contribution in [3.8, 4) is 5.69 Å². The predicted molar refractivity (Wildman–Crippen MR) is 107 cm³/mol. The van der Waals surface area contributed by atoms with Gasteiger partial charge in [-0.3, -0.25) is 9.36 Å². The number of imidazole rings is 1.